The van der Waals surface area contributed by atoms with E-state index in [1.807, 2.05) is 13.8 Å². The summed E-state index contributed by atoms with van der Waals surface area (Å²) in [5.41, 5.74) is -1.24. The maximum Gasteiger partial charge on any atom is 0.202 e. The number of carbonyl (C=O) groups is 2. The van der Waals surface area contributed by atoms with Gasteiger partial charge in [0.1, 0.15) is 53.9 Å². The van der Waals surface area contributed by atoms with E-state index in [1.54, 1.807) is 46.8 Å². The average Bonchev–Trinajstić information content (AvgIpc) is 3.32. The van der Waals surface area contributed by atoms with Crippen LogP contribution in [0.25, 0.3) is 10.8 Å². The van der Waals surface area contributed by atoms with Crippen LogP contribution in [0.15, 0.2) is 12.1 Å². The number of aliphatic hydroxyl groups excluding tert-OH is 6. The summed E-state index contributed by atoms with van der Waals surface area (Å²) >= 11 is 0. The molecule has 416 valence electrons. The molecule has 5 fully saturated rings. The molecule has 22 nitrogen and oxygen atoms in total. The number of Topliss-reactive ketones (excluding diaryl/α,β-unsaturated/α-hetero) is 2. The lowest BCUT2D eigenvalue weighted by Crippen LogP contribution is -2.58. The number of aromatic hydroxyl groups is 2. The van der Waals surface area contributed by atoms with Gasteiger partial charge in [-0.25, -0.2) is 0 Å². The number of aliphatic hydroxyl groups is 7. The van der Waals surface area contributed by atoms with Crippen LogP contribution in [-0.2, 0) is 58.6 Å². The number of phenolic OH excluding ortho intramolecular Hbond substituents is 2. The quantitative estimate of drug-likeness (QED) is 0.130. The Bertz CT molecular complexity index is 2300. The van der Waals surface area contributed by atoms with Gasteiger partial charge in [0.2, 0.25) is 6.29 Å². The van der Waals surface area contributed by atoms with Gasteiger partial charge in [-0.05, 0) is 84.9 Å². The van der Waals surface area contributed by atoms with E-state index < -0.39 is 158 Å². The lowest BCUT2D eigenvalue weighted by Gasteiger charge is -2.46. The zero-order valence-corrected chi connectivity index (χ0v) is 43.5. The fourth-order valence-electron chi connectivity index (χ4n) is 11.3. The standard InChI is InChI=1S/C52H76O22/c1-19-22(4)65-35(14-30(19)54)71-32-15-36(66-23(5)44(32)57)70-31-13-28-11-27-12-29(49(64-10)43(56)21(3)53)50(48(61)41(27)47(60)40(28)42(55)20(31)2)74-38-17-33(45(58)25(7)68-38)72-37-16-34(46(59)24(6)67-37)73-39-18-52(9,63)51(62)26(8)69-39/h11,13,19,22-26,29-30,32-39,43-46,49-51,54-60,62-63H,12,14-18H2,1-10H3/t19-,22?,23?,24?,25?,26?,29+,30-,32-,33-,34-,35+,36+,37+,38+,39+,43+,44-,45-,46+,49+,50+,51-,52+/m1/s1. The molecule has 24 atom stereocenters. The molecule has 8 rings (SSSR count). The van der Waals surface area contributed by atoms with E-state index in [0.29, 0.717) is 0 Å². The second kappa shape index (κ2) is 22.6. The highest BCUT2D eigenvalue weighted by molar-refractivity contribution is 6.11. The number of benzene rings is 2. The smallest absolute Gasteiger partial charge is 0.202 e. The van der Waals surface area contributed by atoms with Gasteiger partial charge in [-0.15, -0.1) is 0 Å². The maximum absolute atomic E-state index is 15.0. The number of carbonyl (C=O) groups excluding carboxylic acids is 2. The van der Waals surface area contributed by atoms with Gasteiger partial charge < -0.3 is 98.1 Å². The molecule has 6 aliphatic rings. The van der Waals surface area contributed by atoms with Crippen LogP contribution in [0.1, 0.15) is 109 Å². The highest BCUT2D eigenvalue weighted by Crippen LogP contribution is 2.48. The van der Waals surface area contributed by atoms with Gasteiger partial charge in [-0.2, -0.15) is 0 Å². The molecule has 74 heavy (non-hydrogen) atoms. The summed E-state index contributed by atoms with van der Waals surface area (Å²) in [5, 5.41) is 101. The Kier molecular flexibility index (Phi) is 17.4. The van der Waals surface area contributed by atoms with Gasteiger partial charge in [-0.3, -0.25) is 9.59 Å². The van der Waals surface area contributed by atoms with Crippen LogP contribution >= 0.6 is 0 Å². The molecule has 22 heteroatoms. The molecule has 1 aliphatic carbocycles. The molecule has 9 N–H and O–H groups in total. The molecule has 0 spiro atoms. The monoisotopic (exact) mass is 1050 g/mol. The number of rotatable bonds is 14. The van der Waals surface area contributed by atoms with E-state index in [1.165, 1.54) is 21.0 Å². The summed E-state index contributed by atoms with van der Waals surface area (Å²) in [6, 6.07) is 3.15. The summed E-state index contributed by atoms with van der Waals surface area (Å²) in [7, 11) is 1.27. The zero-order chi connectivity index (χ0) is 54.0. The number of hydrogen-bond acceptors (Lipinski definition) is 22. The fraction of sp³-hybridized carbons (Fsp3) is 0.769. The SMILES string of the molecule is CO[C@@H]([C@@H]1Cc2cc3cc(O[C@H]4C[C@@H](O[C@H]5C[C@@H](O)[C@H](C)C(C)O5)[C@H](O)C(C)O4)c(C)c(O)c3c(O)c2C(=O)[C@H]1O[C@H]1C[C@@H](O[C@H]2C[C@@H](O[C@H]3C[C@](C)(O)[C@H](O)C(C)O3)[C@@H](O)C(C)O2)[C@H](O)C(C)O1)[C@@H](O)C(C)=O. The van der Waals surface area contributed by atoms with Crippen molar-refractivity contribution < 1.29 is 108 Å². The van der Waals surface area contributed by atoms with Gasteiger partial charge in [-0.1, -0.05) is 6.92 Å². The van der Waals surface area contributed by atoms with E-state index in [9.17, 15) is 55.5 Å². The van der Waals surface area contributed by atoms with E-state index in [4.69, 9.17) is 52.1 Å². The molecule has 2 aromatic rings. The van der Waals surface area contributed by atoms with Gasteiger partial charge in [0, 0.05) is 56.6 Å². The first-order valence-corrected chi connectivity index (χ1v) is 25.7. The van der Waals surface area contributed by atoms with Crippen molar-refractivity contribution in [3.63, 3.8) is 0 Å². The summed E-state index contributed by atoms with van der Waals surface area (Å²) in [6.07, 6.45) is -21.4. The van der Waals surface area contributed by atoms with Crippen LogP contribution in [0.5, 0.6) is 17.2 Å². The van der Waals surface area contributed by atoms with Crippen molar-refractivity contribution in [3.8, 4) is 17.2 Å². The molecule has 0 aromatic heterocycles. The van der Waals surface area contributed by atoms with Gasteiger partial charge in [0.15, 0.2) is 36.7 Å². The Hall–Kier alpha value is -3.24. The van der Waals surface area contributed by atoms with Gasteiger partial charge >= 0.3 is 0 Å². The predicted octanol–water partition coefficient (Wildman–Crippen LogP) is 1.67. The minimum absolute atomic E-state index is 0.0330. The Labute approximate surface area is 429 Å². The molecule has 0 bridgehead atoms. The molecule has 0 saturated carbocycles. The second-order valence-corrected chi connectivity index (χ2v) is 21.6. The number of ether oxygens (including phenoxy) is 11. The molecule has 5 unspecified atom stereocenters. The number of methoxy groups -OCH3 is 1. The molecule has 2 aromatic carbocycles. The summed E-state index contributed by atoms with van der Waals surface area (Å²) in [6.45, 7) is 14.4. The van der Waals surface area contributed by atoms with Crippen molar-refractivity contribution in [2.24, 2.45) is 11.8 Å². The van der Waals surface area contributed by atoms with Crippen molar-refractivity contribution in [2.45, 2.75) is 236 Å². The average molecular weight is 1050 g/mol. The Morgan fingerprint density at radius 3 is 1.74 bits per heavy atom. The van der Waals surface area contributed by atoms with E-state index in [-0.39, 0.29) is 83.8 Å². The van der Waals surface area contributed by atoms with Crippen LogP contribution in [0.4, 0.5) is 0 Å². The van der Waals surface area contributed by atoms with Crippen molar-refractivity contribution in [1.82, 2.24) is 0 Å². The third-order valence-electron chi connectivity index (χ3n) is 16.1. The van der Waals surface area contributed by atoms with Crippen molar-refractivity contribution in [3.05, 3.63) is 28.8 Å². The van der Waals surface area contributed by atoms with Crippen LogP contribution < -0.4 is 4.74 Å². The second-order valence-electron chi connectivity index (χ2n) is 21.6. The summed E-state index contributed by atoms with van der Waals surface area (Å²) in [5.74, 6) is -3.41. The normalized spacial score (nSPS) is 42.9. The van der Waals surface area contributed by atoms with Crippen LogP contribution in [0.3, 0.4) is 0 Å². The number of fused-ring (bicyclic) bond motifs is 2. The minimum Gasteiger partial charge on any atom is -0.507 e. The zero-order valence-electron chi connectivity index (χ0n) is 43.5. The molecule has 0 amide bonds. The molecule has 5 heterocycles. The van der Waals surface area contributed by atoms with Crippen molar-refractivity contribution in [1.29, 1.82) is 0 Å². The Morgan fingerprint density at radius 1 is 0.703 bits per heavy atom. The van der Waals surface area contributed by atoms with Crippen LogP contribution in [0, 0.1) is 18.8 Å². The molecular weight excluding hydrogens is 977 g/mol. The third kappa shape index (κ3) is 11.5. The fourth-order valence-corrected chi connectivity index (χ4v) is 11.3. The van der Waals surface area contributed by atoms with Crippen molar-refractivity contribution >= 4 is 22.3 Å². The molecular formula is C52H76O22. The molecule has 5 aliphatic heterocycles. The first kappa shape index (κ1) is 56.9. The van der Waals surface area contributed by atoms with E-state index in [0.717, 1.165) is 0 Å². The highest BCUT2D eigenvalue weighted by atomic mass is 16.7. The third-order valence-corrected chi connectivity index (χ3v) is 16.1. The van der Waals surface area contributed by atoms with Crippen LogP contribution in [-0.4, -0.2) is 199 Å². The molecule has 5 saturated heterocycles. The predicted molar refractivity (Wildman–Crippen MR) is 256 cm³/mol. The van der Waals surface area contributed by atoms with Crippen LogP contribution in [0.2, 0.25) is 0 Å². The number of phenols is 2. The van der Waals surface area contributed by atoms with Gasteiger partial charge in [0.05, 0.1) is 77.6 Å². The van der Waals surface area contributed by atoms with Gasteiger partial charge in [0.25, 0.3) is 0 Å². The molecule has 0 radical (unpaired) electrons. The number of ketones is 2. The van der Waals surface area contributed by atoms with Crippen molar-refractivity contribution in [2.75, 3.05) is 7.11 Å². The summed E-state index contributed by atoms with van der Waals surface area (Å²) in [4.78, 5) is 27.7. The topological polar surface area (TPSA) is 318 Å². The van der Waals surface area contributed by atoms with E-state index >= 15 is 0 Å². The highest BCUT2D eigenvalue weighted by Gasteiger charge is 2.51. The number of hydrogen-bond donors (Lipinski definition) is 9. The first-order chi connectivity index (χ1) is 34.8. The Balaban J connectivity index is 1.03. The Morgan fingerprint density at radius 2 is 1.20 bits per heavy atom. The minimum atomic E-state index is -1.71. The lowest BCUT2D eigenvalue weighted by atomic mass is 9.75. The summed E-state index contributed by atoms with van der Waals surface area (Å²) < 4.78 is 67.1. The first-order valence-electron chi connectivity index (χ1n) is 25.7. The largest absolute Gasteiger partial charge is 0.507 e. The lowest BCUT2D eigenvalue weighted by molar-refractivity contribution is -0.334. The maximum atomic E-state index is 15.0. The van der Waals surface area contributed by atoms with E-state index in [2.05, 4.69) is 0 Å².